The minimum absolute atomic E-state index is 0.466. The van der Waals surface area contributed by atoms with Gasteiger partial charge in [-0.15, -0.1) is 10.2 Å². The highest BCUT2D eigenvalue weighted by Gasteiger charge is 2.27. The van der Waals surface area contributed by atoms with Gasteiger partial charge in [0.2, 0.25) is 5.95 Å². The normalized spacial score (nSPS) is 15.5. The lowest BCUT2D eigenvalue weighted by Crippen LogP contribution is -2.47. The molecule has 33 heavy (non-hydrogen) atoms. The van der Waals surface area contributed by atoms with Crippen molar-refractivity contribution >= 4 is 28.9 Å². The zero-order chi connectivity index (χ0) is 22.2. The molecule has 0 bridgehead atoms. The summed E-state index contributed by atoms with van der Waals surface area (Å²) in [6, 6.07) is 26.8. The van der Waals surface area contributed by atoms with Gasteiger partial charge in [0.05, 0.1) is 11.4 Å². The van der Waals surface area contributed by atoms with E-state index in [1.165, 1.54) is 5.69 Å². The largest absolute Gasteiger partial charge is 0.368 e. The van der Waals surface area contributed by atoms with Crippen molar-refractivity contribution in [2.45, 2.75) is 6.54 Å². The quantitative estimate of drug-likeness (QED) is 0.454. The first-order chi connectivity index (χ1) is 16.3. The van der Waals surface area contributed by atoms with Gasteiger partial charge in [0.15, 0.2) is 5.82 Å². The average molecular weight is 455 g/mol. The Labute approximate surface area is 197 Å². The number of piperazine rings is 1. The van der Waals surface area contributed by atoms with Crippen LogP contribution in [-0.4, -0.2) is 46.7 Å². The Morgan fingerprint density at radius 1 is 0.727 bits per heavy atom. The molecule has 4 aromatic rings. The van der Waals surface area contributed by atoms with Crippen LogP contribution in [0.5, 0.6) is 0 Å². The van der Waals surface area contributed by atoms with E-state index in [1.807, 2.05) is 30.3 Å². The summed E-state index contributed by atoms with van der Waals surface area (Å²) < 4.78 is 2.16. The molecule has 0 saturated carbocycles. The molecule has 6 nitrogen and oxygen atoms in total. The summed E-state index contributed by atoms with van der Waals surface area (Å²) in [4.78, 5) is 9.67. The second-order valence-corrected chi connectivity index (χ2v) is 8.69. The highest BCUT2D eigenvalue weighted by Crippen LogP contribution is 2.31. The monoisotopic (exact) mass is 454 g/mol. The van der Waals surface area contributed by atoms with Crippen molar-refractivity contribution in [3.63, 3.8) is 0 Å². The van der Waals surface area contributed by atoms with E-state index >= 15 is 0 Å². The van der Waals surface area contributed by atoms with E-state index < -0.39 is 0 Å². The Balaban J connectivity index is 1.36. The minimum atomic E-state index is 0.466. The summed E-state index contributed by atoms with van der Waals surface area (Å²) in [6.45, 7) is 4.09. The number of nitrogens with zero attached hydrogens (tertiary/aromatic N) is 6. The Bertz CT molecular complexity index is 1310. The predicted octanol–water partition coefficient (Wildman–Crippen LogP) is 4.60. The van der Waals surface area contributed by atoms with Crippen molar-refractivity contribution in [2.24, 2.45) is 4.99 Å². The Morgan fingerprint density at radius 2 is 1.42 bits per heavy atom. The molecule has 1 saturated heterocycles. The number of para-hydroxylation sites is 1. The lowest BCUT2D eigenvalue weighted by atomic mass is 10.0. The number of hydrogen-bond donors (Lipinski definition) is 0. The van der Waals surface area contributed by atoms with Gasteiger partial charge >= 0.3 is 0 Å². The van der Waals surface area contributed by atoms with E-state index in [0.29, 0.717) is 11.6 Å². The van der Waals surface area contributed by atoms with Crippen LogP contribution in [0.2, 0.25) is 5.02 Å². The molecular weight excluding hydrogens is 432 g/mol. The summed E-state index contributed by atoms with van der Waals surface area (Å²) in [6.07, 6.45) is 0. The molecule has 0 atom stereocenters. The number of aliphatic imine (C=N–C) groups is 1. The number of anilines is 2. The van der Waals surface area contributed by atoms with Gasteiger partial charge in [-0.25, -0.2) is 0 Å². The summed E-state index contributed by atoms with van der Waals surface area (Å²) in [5.74, 6) is 1.70. The maximum atomic E-state index is 6.44. The zero-order valence-electron chi connectivity index (χ0n) is 18.1. The van der Waals surface area contributed by atoms with E-state index in [-0.39, 0.29) is 0 Å². The third-order valence-electron chi connectivity index (χ3n) is 6.28. The molecule has 3 aromatic carbocycles. The number of fused-ring (bicyclic) bond motifs is 3. The molecule has 0 aliphatic carbocycles. The van der Waals surface area contributed by atoms with Crippen LogP contribution in [0.25, 0.3) is 5.69 Å². The summed E-state index contributed by atoms with van der Waals surface area (Å²) in [5, 5.41) is 9.82. The fraction of sp³-hybridized carbons (Fsp3) is 0.192. The van der Waals surface area contributed by atoms with Crippen molar-refractivity contribution < 1.29 is 0 Å². The maximum absolute atomic E-state index is 6.44. The van der Waals surface area contributed by atoms with Crippen molar-refractivity contribution in [3.05, 3.63) is 101 Å². The zero-order valence-corrected chi connectivity index (χ0v) is 18.9. The predicted molar refractivity (Wildman–Crippen MR) is 133 cm³/mol. The Kier molecular flexibility index (Phi) is 5.07. The average Bonchev–Trinajstić information content (AvgIpc) is 3.22. The fourth-order valence-corrected chi connectivity index (χ4v) is 4.81. The van der Waals surface area contributed by atoms with Crippen LogP contribution in [-0.2, 0) is 6.54 Å². The number of halogens is 1. The van der Waals surface area contributed by atoms with Crippen LogP contribution < -0.4 is 9.80 Å². The van der Waals surface area contributed by atoms with Crippen LogP contribution in [0.15, 0.2) is 83.9 Å². The molecule has 0 unspecified atom stereocenters. The first-order valence-electron chi connectivity index (χ1n) is 11.2. The lowest BCUT2D eigenvalue weighted by molar-refractivity contribution is 0.634. The van der Waals surface area contributed by atoms with Crippen LogP contribution in [0.4, 0.5) is 11.6 Å². The van der Waals surface area contributed by atoms with E-state index in [0.717, 1.165) is 60.5 Å². The summed E-state index contributed by atoms with van der Waals surface area (Å²) >= 11 is 6.44. The third-order valence-corrected chi connectivity index (χ3v) is 6.51. The van der Waals surface area contributed by atoms with E-state index in [2.05, 4.69) is 73.1 Å². The minimum Gasteiger partial charge on any atom is -0.368 e. The smallest absolute Gasteiger partial charge is 0.232 e. The maximum Gasteiger partial charge on any atom is 0.232 e. The van der Waals surface area contributed by atoms with Gasteiger partial charge in [-0.1, -0.05) is 60.1 Å². The van der Waals surface area contributed by atoms with E-state index in [4.69, 9.17) is 16.6 Å². The van der Waals surface area contributed by atoms with Crippen LogP contribution in [0.3, 0.4) is 0 Å². The number of benzene rings is 3. The van der Waals surface area contributed by atoms with Gasteiger partial charge in [0, 0.05) is 48.0 Å². The fourth-order valence-electron chi connectivity index (χ4n) is 4.64. The molecule has 1 fully saturated rings. The van der Waals surface area contributed by atoms with Crippen LogP contribution in [0, 0.1) is 0 Å². The molecule has 0 N–H and O–H groups in total. The van der Waals surface area contributed by atoms with Gasteiger partial charge < -0.3 is 9.80 Å². The molecule has 2 aliphatic heterocycles. The van der Waals surface area contributed by atoms with Crippen LogP contribution in [0.1, 0.15) is 17.0 Å². The topological polar surface area (TPSA) is 49.6 Å². The van der Waals surface area contributed by atoms with Gasteiger partial charge in [-0.3, -0.25) is 9.56 Å². The van der Waals surface area contributed by atoms with Crippen molar-refractivity contribution in [3.8, 4) is 5.69 Å². The number of hydrogen-bond acceptors (Lipinski definition) is 5. The van der Waals surface area contributed by atoms with Gasteiger partial charge in [0.1, 0.15) is 6.54 Å². The molecule has 164 valence electrons. The number of rotatable bonds is 3. The van der Waals surface area contributed by atoms with Crippen molar-refractivity contribution in [2.75, 3.05) is 36.0 Å². The van der Waals surface area contributed by atoms with E-state index in [9.17, 15) is 0 Å². The highest BCUT2D eigenvalue weighted by molar-refractivity contribution is 6.31. The lowest BCUT2D eigenvalue weighted by Gasteiger charge is -2.36. The van der Waals surface area contributed by atoms with Gasteiger partial charge in [0.25, 0.3) is 0 Å². The Hall–Kier alpha value is -3.64. The van der Waals surface area contributed by atoms with E-state index in [1.54, 1.807) is 0 Å². The first-order valence-corrected chi connectivity index (χ1v) is 11.5. The Morgan fingerprint density at radius 3 is 2.18 bits per heavy atom. The highest BCUT2D eigenvalue weighted by atomic mass is 35.5. The molecule has 7 heteroatoms. The molecule has 3 heterocycles. The molecule has 0 amide bonds. The summed E-state index contributed by atoms with van der Waals surface area (Å²) in [5.41, 5.74) is 5.27. The van der Waals surface area contributed by atoms with Crippen molar-refractivity contribution in [1.82, 2.24) is 14.8 Å². The summed E-state index contributed by atoms with van der Waals surface area (Å²) in [7, 11) is 0. The van der Waals surface area contributed by atoms with Gasteiger partial charge in [-0.2, -0.15) is 0 Å². The van der Waals surface area contributed by atoms with Gasteiger partial charge in [-0.05, 0) is 30.3 Å². The third kappa shape index (κ3) is 3.66. The molecule has 0 spiro atoms. The molecular formula is C26H23ClN6. The molecule has 1 aromatic heterocycles. The molecule has 2 aliphatic rings. The van der Waals surface area contributed by atoms with Crippen molar-refractivity contribution in [1.29, 1.82) is 0 Å². The standard InChI is InChI=1S/C26H23ClN6/c27-20-11-12-23-22(17-20)25(19-7-3-1-4-8-19)28-18-24-29-30-26(33(23)24)32-15-13-31(14-16-32)21-9-5-2-6-10-21/h1-12,17H,13-16,18H2. The SMILES string of the molecule is Clc1ccc2c(c1)C(c1ccccc1)=NCc1nnc(N3CCN(c4ccccc4)CC3)n1-2. The molecule has 6 rings (SSSR count). The number of aromatic nitrogens is 3. The molecule has 0 radical (unpaired) electrons. The second kappa shape index (κ2) is 8.37. The van der Waals surface area contributed by atoms with Crippen LogP contribution >= 0.6 is 11.6 Å². The first kappa shape index (κ1) is 20.0. The second-order valence-electron chi connectivity index (χ2n) is 8.25.